The highest BCUT2D eigenvalue weighted by atomic mass is 16.5. The van der Waals surface area contributed by atoms with Crippen LogP contribution in [0.15, 0.2) is 59.4 Å². The fourth-order valence-electron chi connectivity index (χ4n) is 5.80. The van der Waals surface area contributed by atoms with E-state index in [-0.39, 0.29) is 30.2 Å². The number of hydrogen-bond acceptors (Lipinski definition) is 7. The van der Waals surface area contributed by atoms with Gasteiger partial charge in [0.15, 0.2) is 11.5 Å². The van der Waals surface area contributed by atoms with E-state index in [9.17, 15) is 9.90 Å². The zero-order chi connectivity index (χ0) is 30.6. The number of allylic oxidation sites excluding steroid dienone is 1. The number of fused-ring (bicyclic) bond motifs is 2. The van der Waals surface area contributed by atoms with Crippen molar-refractivity contribution in [2.45, 2.75) is 71.1 Å². The molecule has 1 fully saturated rings. The van der Waals surface area contributed by atoms with Gasteiger partial charge >= 0.3 is 6.03 Å². The fraction of sp³-hybridized carbons (Fsp3) is 0.500. The number of hydrogen-bond donors (Lipinski definition) is 4. The molecule has 3 heterocycles. The van der Waals surface area contributed by atoms with Crippen LogP contribution in [0.1, 0.15) is 88.0 Å². The summed E-state index contributed by atoms with van der Waals surface area (Å²) in [6.45, 7) is 7.40. The van der Waals surface area contributed by atoms with Crippen LogP contribution in [0.5, 0.6) is 5.75 Å². The highest BCUT2D eigenvalue weighted by molar-refractivity contribution is 5.95. The van der Waals surface area contributed by atoms with Crippen LogP contribution in [0.3, 0.4) is 0 Å². The van der Waals surface area contributed by atoms with Gasteiger partial charge in [0, 0.05) is 17.2 Å². The molecule has 11 heteroatoms. The zero-order valence-electron chi connectivity index (χ0n) is 25.7. The van der Waals surface area contributed by atoms with Crippen molar-refractivity contribution < 1.29 is 20.0 Å². The summed E-state index contributed by atoms with van der Waals surface area (Å²) >= 11 is 0. The first-order valence-corrected chi connectivity index (χ1v) is 15.3. The summed E-state index contributed by atoms with van der Waals surface area (Å²) in [6, 6.07) is 11.6. The lowest BCUT2D eigenvalue weighted by Gasteiger charge is -2.32. The third-order valence-corrected chi connectivity index (χ3v) is 8.36. The predicted octanol–water partition coefficient (Wildman–Crippen LogP) is 3.39. The Morgan fingerprint density at radius 2 is 1.95 bits per heavy atom. The molecule has 0 bridgehead atoms. The van der Waals surface area contributed by atoms with Crippen molar-refractivity contribution in [3.8, 4) is 5.75 Å². The maximum Gasteiger partial charge on any atom is 0.346 e. The van der Waals surface area contributed by atoms with Crippen LogP contribution >= 0.6 is 0 Å². The summed E-state index contributed by atoms with van der Waals surface area (Å²) in [6.07, 6.45) is 8.43. The molecule has 2 aliphatic rings. The number of rotatable bonds is 7. The maximum atomic E-state index is 13.1. The second kappa shape index (κ2) is 13.2. The van der Waals surface area contributed by atoms with Gasteiger partial charge in [-0.3, -0.25) is 14.6 Å². The number of nitrogens with two attached hydrogens (primary N) is 2. The van der Waals surface area contributed by atoms with Gasteiger partial charge in [0.2, 0.25) is 5.84 Å². The van der Waals surface area contributed by atoms with Crippen LogP contribution in [0.2, 0.25) is 0 Å². The topological polar surface area (TPSA) is 147 Å². The molecule has 0 spiro atoms. The number of ether oxygens (including phenoxy) is 1. The Morgan fingerprint density at radius 1 is 1.16 bits per heavy atom. The smallest absolute Gasteiger partial charge is 0.346 e. The van der Waals surface area contributed by atoms with Gasteiger partial charge in [-0.2, -0.15) is 0 Å². The average Bonchev–Trinajstić information content (AvgIpc) is 3.40. The molecule has 2 amide bonds. The van der Waals surface area contributed by atoms with Gasteiger partial charge in [-0.1, -0.05) is 51.5 Å². The van der Waals surface area contributed by atoms with Crippen LogP contribution in [0.25, 0.3) is 5.65 Å². The number of quaternary nitrogens is 1. The van der Waals surface area contributed by atoms with Gasteiger partial charge in [-0.25, -0.2) is 4.79 Å². The molecule has 43 heavy (non-hydrogen) atoms. The first-order valence-electron chi connectivity index (χ1n) is 15.3. The minimum Gasteiger partial charge on any atom is -0.484 e. The zero-order valence-corrected chi connectivity index (χ0v) is 25.7. The number of aliphatic hydroxyl groups is 1. The molecule has 1 saturated heterocycles. The first kappa shape index (κ1) is 30.7. The number of pyridine rings is 1. The number of likely N-dealkylation sites (tertiary alicyclic amines) is 1. The monoisotopic (exact) mass is 589 g/mol. The van der Waals surface area contributed by atoms with Gasteiger partial charge in [-0.15, -0.1) is 15.2 Å². The quantitative estimate of drug-likeness (QED) is 0.244. The lowest BCUT2D eigenvalue weighted by atomic mass is 9.85. The van der Waals surface area contributed by atoms with Gasteiger partial charge in [0.25, 0.3) is 0 Å². The van der Waals surface area contributed by atoms with E-state index in [4.69, 9.17) is 10.5 Å². The van der Waals surface area contributed by atoms with Crippen molar-refractivity contribution in [3.05, 3.63) is 71.3 Å². The summed E-state index contributed by atoms with van der Waals surface area (Å²) in [5, 5.41) is 23.1. The second-order valence-electron chi connectivity index (χ2n) is 12.6. The van der Waals surface area contributed by atoms with Crippen LogP contribution in [0.4, 0.5) is 4.79 Å². The van der Waals surface area contributed by atoms with E-state index in [1.165, 1.54) is 12.8 Å². The molecule has 3 aromatic rings. The summed E-state index contributed by atoms with van der Waals surface area (Å²) in [5.41, 5.74) is 9.45. The van der Waals surface area contributed by atoms with Crippen molar-refractivity contribution in [2.75, 3.05) is 26.7 Å². The molecule has 1 aliphatic heterocycles. The van der Waals surface area contributed by atoms with E-state index in [1.807, 2.05) is 57.3 Å². The Balaban J connectivity index is 1.33. The highest BCUT2D eigenvalue weighted by Gasteiger charge is 2.30. The number of nitrogens with zero attached hydrogens (tertiary/aromatic N) is 5. The van der Waals surface area contributed by atoms with Crippen molar-refractivity contribution in [1.29, 1.82) is 0 Å². The Morgan fingerprint density at radius 3 is 2.70 bits per heavy atom. The van der Waals surface area contributed by atoms with Crippen molar-refractivity contribution in [1.82, 2.24) is 24.8 Å². The number of aromatic nitrogens is 3. The number of benzene rings is 1. The molecule has 0 unspecified atom stereocenters. The third kappa shape index (κ3) is 7.23. The second-order valence-corrected chi connectivity index (χ2v) is 12.6. The molecule has 5 rings (SSSR count). The number of carbonyl (C=O) groups is 1. The van der Waals surface area contributed by atoms with Crippen molar-refractivity contribution in [3.63, 3.8) is 0 Å². The molecule has 6 N–H and O–H groups in total. The van der Waals surface area contributed by atoms with Gasteiger partial charge in [0.1, 0.15) is 18.4 Å². The van der Waals surface area contributed by atoms with Crippen LogP contribution in [-0.2, 0) is 0 Å². The van der Waals surface area contributed by atoms with E-state index < -0.39 is 6.03 Å². The highest BCUT2D eigenvalue weighted by Crippen LogP contribution is 2.39. The first-order chi connectivity index (χ1) is 20.6. The Kier molecular flexibility index (Phi) is 9.43. The third-order valence-electron chi connectivity index (χ3n) is 8.36. The summed E-state index contributed by atoms with van der Waals surface area (Å²) in [5.74, 6) is 2.14. The number of aliphatic hydroxyl groups excluding tert-OH is 1. The predicted molar refractivity (Wildman–Crippen MR) is 166 cm³/mol. The van der Waals surface area contributed by atoms with Gasteiger partial charge in [0.05, 0.1) is 24.9 Å². The molecule has 0 radical (unpaired) electrons. The molecule has 230 valence electrons. The number of aliphatic imine (C=N–C) groups is 1. The van der Waals surface area contributed by atoms with E-state index in [0.717, 1.165) is 47.7 Å². The molecule has 1 aliphatic carbocycles. The van der Waals surface area contributed by atoms with Gasteiger partial charge in [-0.05, 0) is 62.5 Å². The molecule has 0 saturated carbocycles. The maximum absolute atomic E-state index is 13.1. The van der Waals surface area contributed by atoms with E-state index in [2.05, 4.69) is 42.9 Å². The number of piperidine rings is 1. The van der Waals surface area contributed by atoms with Crippen molar-refractivity contribution in [2.24, 2.45) is 16.1 Å². The minimum absolute atomic E-state index is 0.0372. The standard InChI is InChI=1S/C32H44N8O3/c1-32(2,3)27(33)19-28(34-16-18-41)36-31(42)35-24-13-14-26(23-10-6-5-9-22(23)24)43-21-12-15-29-37-38-30(40(29)20-21)25-11-7-8-17-39(25)4/h5-6,9-10,12,15,19-20,24-26,41H,7-8,11,13-14,16-18,33H2,1-4H3,(H2,34,35,36,42)/p+1/b27-19-/t24-,25-,26+/m0/s1. The molecule has 2 aromatic heterocycles. The fourth-order valence-corrected chi connectivity index (χ4v) is 5.80. The van der Waals surface area contributed by atoms with E-state index >= 15 is 0 Å². The largest absolute Gasteiger partial charge is 0.484 e. The molecule has 11 nitrogen and oxygen atoms in total. The summed E-state index contributed by atoms with van der Waals surface area (Å²) < 4.78 is 8.64. The summed E-state index contributed by atoms with van der Waals surface area (Å²) in [4.78, 5) is 19.7. The van der Waals surface area contributed by atoms with Gasteiger partial charge < -0.3 is 20.9 Å². The Hall–Kier alpha value is -3.80. The van der Waals surface area contributed by atoms with Crippen molar-refractivity contribution >= 4 is 17.5 Å². The Labute approximate surface area is 253 Å². The van der Waals surface area contributed by atoms with Crippen LogP contribution < -0.4 is 21.1 Å². The Bertz CT molecular complexity index is 1490. The lowest BCUT2D eigenvalue weighted by molar-refractivity contribution is -0.540. The van der Waals surface area contributed by atoms with Crippen LogP contribution in [-0.4, -0.2) is 63.2 Å². The minimum atomic E-state index is -0.445. The molecule has 3 atom stereocenters. The molecular formula is C32H45N8O3+. The number of urea groups is 1. The normalized spacial score (nSPS) is 21.9. The number of amidine groups is 1. The average molecular weight is 590 g/mol. The van der Waals surface area contributed by atoms with E-state index in [1.54, 1.807) is 11.4 Å². The summed E-state index contributed by atoms with van der Waals surface area (Å²) in [7, 11) is 2.15. The molecule has 1 aromatic carbocycles. The number of nitrogens with one attached hydrogen (secondary N) is 1. The lowest BCUT2D eigenvalue weighted by Crippen LogP contribution is -2.88. The number of carbonyl (C=O) groups excluding carboxylic acids is 1. The SMILES string of the molecule is CN1CCCC[C@H]1c1nnc2ccc(O[C@@H]3CC[C@H](NC(=O)/N=C(\C=C(/N)C(C)(C)C)[NH2+]CCO)c4ccccc43)cn12. The van der Waals surface area contributed by atoms with Crippen LogP contribution in [0, 0.1) is 5.41 Å². The molecular weight excluding hydrogens is 544 g/mol. The van der Waals surface area contributed by atoms with E-state index in [0.29, 0.717) is 24.5 Å². The number of amides is 2.